The van der Waals surface area contributed by atoms with E-state index >= 15 is 0 Å². The lowest BCUT2D eigenvalue weighted by molar-refractivity contribution is 0.0925. The first-order chi connectivity index (χ1) is 19.7. The summed E-state index contributed by atoms with van der Waals surface area (Å²) in [7, 11) is -1.79. The molecular formula is C30H25ClN4O5S. The second-order valence-electron chi connectivity index (χ2n) is 9.17. The molecule has 5 rings (SSSR count). The maximum absolute atomic E-state index is 13.9. The lowest BCUT2D eigenvalue weighted by Crippen LogP contribution is -2.34. The molecular weight excluding hydrogens is 564 g/mol. The van der Waals surface area contributed by atoms with Gasteiger partial charge in [-0.15, -0.1) is 0 Å². The van der Waals surface area contributed by atoms with Crippen LogP contribution in [0.15, 0.2) is 100 Å². The number of aryl methyl sites for hydroxylation is 1. The van der Waals surface area contributed by atoms with Gasteiger partial charge in [-0.3, -0.25) is 9.59 Å². The Morgan fingerprint density at radius 3 is 2.32 bits per heavy atom. The summed E-state index contributed by atoms with van der Waals surface area (Å²) in [6, 6.07) is 24.2. The second-order valence-corrected chi connectivity index (χ2v) is 11.6. The Morgan fingerprint density at radius 2 is 1.63 bits per heavy atom. The minimum atomic E-state index is -3.36. The van der Waals surface area contributed by atoms with Crippen molar-refractivity contribution in [3.63, 3.8) is 0 Å². The van der Waals surface area contributed by atoms with Gasteiger partial charge in [-0.1, -0.05) is 41.9 Å². The topological polar surface area (TPSA) is 117 Å². The smallest absolute Gasteiger partial charge is 0.331 e. The predicted octanol–water partition coefficient (Wildman–Crippen LogP) is 6.22. The molecule has 9 nitrogen and oxygen atoms in total. The fourth-order valence-corrected chi connectivity index (χ4v) is 6.03. The quantitative estimate of drug-likeness (QED) is 0.249. The zero-order valence-corrected chi connectivity index (χ0v) is 23.7. The molecule has 4 aromatic carbocycles. The third-order valence-corrected chi connectivity index (χ3v) is 8.53. The van der Waals surface area contributed by atoms with Crippen LogP contribution >= 0.6 is 11.6 Å². The van der Waals surface area contributed by atoms with Gasteiger partial charge in [-0.2, -0.15) is 0 Å². The number of urea groups is 1. The van der Waals surface area contributed by atoms with Crippen LogP contribution in [0.3, 0.4) is 0 Å². The third-order valence-electron chi connectivity index (χ3n) is 6.43. The third kappa shape index (κ3) is 5.79. The van der Waals surface area contributed by atoms with Crippen molar-refractivity contribution in [1.82, 2.24) is 4.72 Å². The summed E-state index contributed by atoms with van der Waals surface area (Å²) in [5, 5.41) is 3.03. The molecule has 208 valence electrons. The van der Waals surface area contributed by atoms with Crippen molar-refractivity contribution in [3.8, 4) is 5.75 Å². The molecule has 1 atom stereocenters. The summed E-state index contributed by atoms with van der Waals surface area (Å²) in [4.78, 5) is 40.4. The van der Waals surface area contributed by atoms with Crippen molar-refractivity contribution in [2.75, 3.05) is 17.3 Å². The standard InChI is InChI=1S/C30H25ClN4O5S/c1-19-16-22(11-15-27(19)35-28(36)25-14-10-21(31)17-26(25)29(35)37)33-30(38)34-41(39,24-6-4-3-5-7-24)32-18-20-8-12-23(40-2)13-9-20/h3-17H,18H2,1-2H3,(H2,32,33,34,38,39). The van der Waals surface area contributed by atoms with E-state index in [4.69, 9.17) is 16.3 Å². The van der Waals surface area contributed by atoms with E-state index in [1.54, 1.807) is 92.9 Å². The van der Waals surface area contributed by atoms with E-state index in [2.05, 4.69) is 14.4 Å². The van der Waals surface area contributed by atoms with Gasteiger partial charge in [0, 0.05) is 10.7 Å². The molecule has 2 N–H and O–H groups in total. The monoisotopic (exact) mass is 588 g/mol. The molecule has 1 aliphatic heterocycles. The molecule has 0 saturated heterocycles. The lowest BCUT2D eigenvalue weighted by atomic mass is 10.1. The molecule has 4 aromatic rings. The summed E-state index contributed by atoms with van der Waals surface area (Å²) < 4.78 is 26.0. The normalized spacial score (nSPS) is 13.8. The van der Waals surface area contributed by atoms with Crippen LogP contribution in [0, 0.1) is 6.92 Å². The first-order valence-corrected chi connectivity index (χ1v) is 14.4. The van der Waals surface area contributed by atoms with E-state index in [1.807, 2.05) is 0 Å². The van der Waals surface area contributed by atoms with E-state index < -0.39 is 27.8 Å². The Balaban J connectivity index is 1.35. The molecule has 0 fully saturated rings. The van der Waals surface area contributed by atoms with Gasteiger partial charge in [0.25, 0.3) is 11.8 Å². The van der Waals surface area contributed by atoms with Crippen LogP contribution in [0.4, 0.5) is 16.2 Å². The summed E-state index contributed by atoms with van der Waals surface area (Å²) in [6.45, 7) is 1.81. The van der Waals surface area contributed by atoms with Gasteiger partial charge in [-0.05, 0) is 78.7 Å². The number of halogens is 1. The van der Waals surface area contributed by atoms with E-state index in [0.29, 0.717) is 32.6 Å². The lowest BCUT2D eigenvalue weighted by Gasteiger charge is -2.18. The number of anilines is 2. The SMILES string of the molecule is COc1ccc(CN=S(=O)(NC(=O)Nc2ccc(N3C(=O)c4ccc(Cl)cc4C3=O)c(C)c2)c2ccccc2)cc1. The van der Waals surface area contributed by atoms with Crippen LogP contribution in [0.5, 0.6) is 5.75 Å². The summed E-state index contributed by atoms with van der Waals surface area (Å²) in [6.07, 6.45) is 0. The second kappa shape index (κ2) is 11.4. The highest BCUT2D eigenvalue weighted by Gasteiger charge is 2.37. The first-order valence-electron chi connectivity index (χ1n) is 12.5. The number of nitrogens with zero attached hydrogens (tertiary/aromatic N) is 2. The summed E-state index contributed by atoms with van der Waals surface area (Å²) >= 11 is 6.02. The maximum Gasteiger partial charge on any atom is 0.331 e. The average molecular weight is 589 g/mol. The fraction of sp³-hybridized carbons (Fsp3) is 0.100. The fourth-order valence-electron chi connectivity index (χ4n) is 4.37. The number of amides is 4. The Bertz CT molecular complexity index is 1780. The largest absolute Gasteiger partial charge is 0.497 e. The number of benzene rings is 4. The van der Waals surface area contributed by atoms with E-state index in [1.165, 1.54) is 12.1 Å². The summed E-state index contributed by atoms with van der Waals surface area (Å²) in [5.41, 5.74) is 2.61. The van der Waals surface area contributed by atoms with E-state index in [0.717, 1.165) is 10.5 Å². The minimum absolute atomic E-state index is 0.0945. The Labute approximate surface area is 242 Å². The zero-order valence-electron chi connectivity index (χ0n) is 22.1. The van der Waals surface area contributed by atoms with Crippen molar-refractivity contribution in [2.24, 2.45) is 4.36 Å². The van der Waals surface area contributed by atoms with E-state index in [-0.39, 0.29) is 17.7 Å². The highest BCUT2D eigenvalue weighted by molar-refractivity contribution is 7.92. The maximum atomic E-state index is 13.9. The van der Waals surface area contributed by atoms with Gasteiger partial charge >= 0.3 is 6.03 Å². The first kappa shape index (κ1) is 27.9. The number of nitrogens with one attached hydrogen (secondary N) is 2. The molecule has 0 radical (unpaired) electrons. The predicted molar refractivity (Wildman–Crippen MR) is 158 cm³/mol. The molecule has 0 aromatic heterocycles. The Morgan fingerprint density at radius 1 is 0.927 bits per heavy atom. The zero-order chi connectivity index (χ0) is 29.1. The number of carbonyl (C=O) groups is 3. The van der Waals surface area contributed by atoms with Gasteiger partial charge in [0.05, 0.1) is 35.4 Å². The molecule has 4 amide bonds. The minimum Gasteiger partial charge on any atom is -0.497 e. The molecule has 1 heterocycles. The number of carbonyl (C=O) groups excluding carboxylic acids is 3. The van der Waals surface area contributed by atoms with Crippen LogP contribution in [0.25, 0.3) is 0 Å². The van der Waals surface area contributed by atoms with Crippen LogP contribution < -0.4 is 19.7 Å². The van der Waals surface area contributed by atoms with Crippen molar-refractivity contribution in [1.29, 1.82) is 0 Å². The van der Waals surface area contributed by atoms with Crippen LogP contribution in [-0.2, 0) is 16.5 Å². The van der Waals surface area contributed by atoms with Crippen LogP contribution in [-0.4, -0.2) is 29.2 Å². The number of methoxy groups -OCH3 is 1. The average Bonchev–Trinajstić information content (AvgIpc) is 3.21. The molecule has 11 heteroatoms. The van der Waals surface area contributed by atoms with Crippen LogP contribution in [0.2, 0.25) is 5.02 Å². The van der Waals surface area contributed by atoms with E-state index in [9.17, 15) is 18.6 Å². The number of hydrogen-bond donors (Lipinski definition) is 2. The molecule has 1 aliphatic rings. The molecule has 0 bridgehead atoms. The molecule has 0 spiro atoms. The van der Waals surface area contributed by atoms with Crippen molar-refractivity contribution >= 4 is 50.7 Å². The van der Waals surface area contributed by atoms with Gasteiger partial charge in [0.1, 0.15) is 5.75 Å². The number of rotatable bonds is 7. The number of fused-ring (bicyclic) bond motifs is 1. The van der Waals surface area contributed by atoms with Gasteiger partial charge < -0.3 is 10.1 Å². The number of imide groups is 1. The van der Waals surface area contributed by atoms with Crippen LogP contribution in [0.1, 0.15) is 31.8 Å². The van der Waals surface area contributed by atoms with Gasteiger partial charge in [0.15, 0.2) is 9.92 Å². The molecule has 0 saturated carbocycles. The number of ether oxygens (including phenoxy) is 1. The summed E-state index contributed by atoms with van der Waals surface area (Å²) in [5.74, 6) is -0.247. The molecule has 41 heavy (non-hydrogen) atoms. The Hall–Kier alpha value is -4.67. The Kier molecular flexibility index (Phi) is 7.78. The molecule has 1 unspecified atom stereocenters. The van der Waals surface area contributed by atoms with Crippen molar-refractivity contribution in [3.05, 3.63) is 118 Å². The van der Waals surface area contributed by atoms with Crippen molar-refractivity contribution in [2.45, 2.75) is 18.4 Å². The highest BCUT2D eigenvalue weighted by atomic mass is 35.5. The van der Waals surface area contributed by atoms with Gasteiger partial charge in [-0.25, -0.2) is 23.0 Å². The van der Waals surface area contributed by atoms with Crippen molar-refractivity contribution < 1.29 is 23.3 Å². The highest BCUT2D eigenvalue weighted by Crippen LogP contribution is 2.33. The molecule has 0 aliphatic carbocycles. The van der Waals surface area contributed by atoms with Gasteiger partial charge in [0.2, 0.25) is 0 Å². The number of hydrogen-bond acceptors (Lipinski definition) is 6.